The Morgan fingerprint density at radius 3 is 2.31 bits per heavy atom. The zero-order chi connectivity index (χ0) is 12.2. The number of benzene rings is 1. The van der Waals surface area contributed by atoms with Crippen LogP contribution in [0.25, 0.3) is 0 Å². The molecule has 2 N–H and O–H groups in total. The van der Waals surface area contributed by atoms with Crippen molar-refractivity contribution in [1.82, 2.24) is 0 Å². The summed E-state index contributed by atoms with van der Waals surface area (Å²) in [5.74, 6) is 1.83. The molecule has 0 atom stereocenters. The van der Waals surface area contributed by atoms with Crippen molar-refractivity contribution in [2.24, 2.45) is 0 Å². The summed E-state index contributed by atoms with van der Waals surface area (Å²) in [6.45, 7) is 3.31. The molecule has 1 aromatic rings. The van der Waals surface area contributed by atoms with Gasteiger partial charge in [0.15, 0.2) is 0 Å². The van der Waals surface area contributed by atoms with Crippen LogP contribution >= 0.6 is 0 Å². The van der Waals surface area contributed by atoms with Gasteiger partial charge in [0, 0.05) is 5.92 Å². The number of allylic oxidation sites excluding steroid dienone is 3. The van der Waals surface area contributed by atoms with Crippen molar-refractivity contribution >= 4 is 0 Å². The lowest BCUT2D eigenvalue weighted by Gasteiger charge is -1.87. The normalized spacial score (nSPS) is 9.00. The molecule has 3 nitrogen and oxygen atoms in total. The van der Waals surface area contributed by atoms with E-state index in [0.29, 0.717) is 0 Å². The molecular formula is C12H11FO3. The van der Waals surface area contributed by atoms with Crippen LogP contribution in [0.1, 0.15) is 0 Å². The largest absolute Gasteiger partial charge is 0.462 e. The summed E-state index contributed by atoms with van der Waals surface area (Å²) in [6.07, 6.45) is 4.23. The highest BCUT2D eigenvalue weighted by molar-refractivity contribution is 5.23. The van der Waals surface area contributed by atoms with Gasteiger partial charge in [-0.3, -0.25) is 0 Å². The van der Waals surface area contributed by atoms with E-state index in [1.54, 1.807) is 24.3 Å². The van der Waals surface area contributed by atoms with Crippen LogP contribution < -0.4 is 0 Å². The van der Waals surface area contributed by atoms with Crippen molar-refractivity contribution in [1.29, 1.82) is 0 Å². The van der Waals surface area contributed by atoms with E-state index in [-0.39, 0.29) is 11.6 Å². The third-order valence-electron chi connectivity index (χ3n) is 1.28. The molecule has 1 aromatic carbocycles. The van der Waals surface area contributed by atoms with Crippen LogP contribution in [-0.2, 0) is 4.89 Å². The maximum Gasteiger partial charge on any atom is 0.218 e. The Hall–Kier alpha value is -2.25. The van der Waals surface area contributed by atoms with E-state index < -0.39 is 0 Å². The summed E-state index contributed by atoms with van der Waals surface area (Å²) in [4.78, 5) is 3.69. The Balaban J connectivity index is 0.000000288. The molecule has 0 saturated carbocycles. The first-order chi connectivity index (χ1) is 7.74. The van der Waals surface area contributed by atoms with Crippen molar-refractivity contribution in [3.05, 3.63) is 60.6 Å². The van der Waals surface area contributed by atoms with Gasteiger partial charge in [0.2, 0.25) is 5.76 Å². The van der Waals surface area contributed by atoms with Gasteiger partial charge in [-0.1, -0.05) is 30.9 Å². The molecule has 0 saturated heterocycles. The highest BCUT2D eigenvalue weighted by atomic mass is 19.1. The molecule has 0 aliphatic rings. The Kier molecular flexibility index (Phi) is 8.00. The maximum absolute atomic E-state index is 11.9. The van der Waals surface area contributed by atoms with E-state index >= 15 is 0 Å². The average Bonchev–Trinajstić information content (AvgIpc) is 2.30. The van der Waals surface area contributed by atoms with Gasteiger partial charge in [-0.05, 0) is 18.2 Å². The van der Waals surface area contributed by atoms with Crippen molar-refractivity contribution in [2.75, 3.05) is 0 Å². The standard InChI is InChI=1S/C6H5F.C6H6O3/c7-6-4-2-1-3-5-6;1-2-3-6(9-8)4-5-7/h1-5H;2-3,7-8H,1H2/b;6-3-. The molecule has 0 unspecified atom stereocenters. The van der Waals surface area contributed by atoms with E-state index in [9.17, 15) is 4.39 Å². The minimum Gasteiger partial charge on any atom is -0.462 e. The third kappa shape index (κ3) is 7.18. The lowest BCUT2D eigenvalue weighted by atomic mass is 10.4. The molecule has 4 heteroatoms. The third-order valence-corrected chi connectivity index (χ3v) is 1.28. The van der Waals surface area contributed by atoms with Crippen LogP contribution in [0.4, 0.5) is 4.39 Å². The molecule has 0 radical (unpaired) electrons. The molecule has 0 aliphatic carbocycles. The Morgan fingerprint density at radius 2 is 2.00 bits per heavy atom. The monoisotopic (exact) mass is 222 g/mol. The fraction of sp³-hybridized carbons (Fsp3) is 0. The first-order valence-electron chi connectivity index (χ1n) is 4.24. The van der Waals surface area contributed by atoms with Crippen LogP contribution in [0.5, 0.6) is 0 Å². The molecule has 0 aromatic heterocycles. The van der Waals surface area contributed by atoms with Gasteiger partial charge < -0.3 is 9.99 Å². The van der Waals surface area contributed by atoms with Gasteiger partial charge in [0.05, 0.1) is 0 Å². The lowest BCUT2D eigenvalue weighted by molar-refractivity contribution is -0.196. The zero-order valence-corrected chi connectivity index (χ0v) is 8.43. The summed E-state index contributed by atoms with van der Waals surface area (Å²) < 4.78 is 11.9. The van der Waals surface area contributed by atoms with E-state index in [4.69, 9.17) is 10.4 Å². The maximum atomic E-state index is 11.9. The zero-order valence-electron chi connectivity index (χ0n) is 8.43. The van der Waals surface area contributed by atoms with Crippen molar-refractivity contribution in [3.8, 4) is 12.0 Å². The summed E-state index contributed by atoms with van der Waals surface area (Å²) in [5.41, 5.74) is 0. The summed E-state index contributed by atoms with van der Waals surface area (Å²) >= 11 is 0. The number of hydrogen-bond acceptors (Lipinski definition) is 3. The number of aliphatic hydroxyl groups is 1. The van der Waals surface area contributed by atoms with Crippen LogP contribution in [0, 0.1) is 17.8 Å². The summed E-state index contributed by atoms with van der Waals surface area (Å²) in [7, 11) is 0. The van der Waals surface area contributed by atoms with E-state index in [1.807, 2.05) is 0 Å². The second-order valence-electron chi connectivity index (χ2n) is 2.39. The van der Waals surface area contributed by atoms with E-state index in [0.717, 1.165) is 0 Å². The van der Waals surface area contributed by atoms with Crippen LogP contribution in [0.15, 0.2) is 54.8 Å². The molecular weight excluding hydrogens is 211 g/mol. The molecule has 1 rings (SSSR count). The van der Waals surface area contributed by atoms with Crippen molar-refractivity contribution < 1.29 is 19.6 Å². The highest BCUT2D eigenvalue weighted by Gasteiger charge is 1.85. The summed E-state index contributed by atoms with van der Waals surface area (Å²) in [6, 6.07) is 7.94. The van der Waals surface area contributed by atoms with Crippen LogP contribution in [0.3, 0.4) is 0 Å². The first kappa shape index (κ1) is 13.8. The molecule has 0 amide bonds. The molecule has 0 heterocycles. The number of halogens is 1. The predicted molar refractivity (Wildman–Crippen MR) is 58.1 cm³/mol. The Morgan fingerprint density at radius 1 is 1.38 bits per heavy atom. The molecule has 0 spiro atoms. The van der Waals surface area contributed by atoms with Gasteiger partial charge in [-0.15, -0.1) is 0 Å². The SMILES string of the molecule is C=C/C=C(/C#CO)OO.Fc1ccccc1. The lowest BCUT2D eigenvalue weighted by Crippen LogP contribution is -1.80. The minimum atomic E-state index is -0.178. The van der Waals surface area contributed by atoms with Gasteiger partial charge in [0.1, 0.15) is 11.9 Å². The van der Waals surface area contributed by atoms with Gasteiger partial charge in [0.25, 0.3) is 0 Å². The summed E-state index contributed by atoms with van der Waals surface area (Å²) in [5, 5.41) is 15.9. The molecule has 16 heavy (non-hydrogen) atoms. The fourth-order valence-electron chi connectivity index (χ4n) is 0.672. The van der Waals surface area contributed by atoms with Gasteiger partial charge in [-0.2, -0.15) is 0 Å². The Bertz CT molecular complexity index is 388. The van der Waals surface area contributed by atoms with Crippen LogP contribution in [-0.4, -0.2) is 10.4 Å². The molecule has 0 bridgehead atoms. The van der Waals surface area contributed by atoms with Crippen molar-refractivity contribution in [2.45, 2.75) is 0 Å². The minimum absolute atomic E-state index is 0.0486. The molecule has 84 valence electrons. The fourth-order valence-corrected chi connectivity index (χ4v) is 0.672. The molecule has 0 fully saturated rings. The van der Waals surface area contributed by atoms with Gasteiger partial charge in [-0.25, -0.2) is 9.65 Å². The van der Waals surface area contributed by atoms with E-state index in [2.05, 4.69) is 17.4 Å². The number of hydrogen-bond donors (Lipinski definition) is 2. The van der Waals surface area contributed by atoms with Crippen LogP contribution in [0.2, 0.25) is 0 Å². The molecule has 0 aliphatic heterocycles. The van der Waals surface area contributed by atoms with E-state index in [1.165, 1.54) is 24.3 Å². The second-order valence-corrected chi connectivity index (χ2v) is 2.39. The second kappa shape index (κ2) is 9.31. The smallest absolute Gasteiger partial charge is 0.218 e. The topological polar surface area (TPSA) is 49.7 Å². The quantitative estimate of drug-likeness (QED) is 0.266. The van der Waals surface area contributed by atoms with Crippen molar-refractivity contribution in [3.63, 3.8) is 0 Å². The Labute approximate surface area is 93.0 Å². The first-order valence-corrected chi connectivity index (χ1v) is 4.24. The van der Waals surface area contributed by atoms with Gasteiger partial charge >= 0.3 is 0 Å². The average molecular weight is 222 g/mol. The highest BCUT2D eigenvalue weighted by Crippen LogP contribution is 1.92. The number of aliphatic hydroxyl groups excluding tert-OH is 1. The predicted octanol–water partition coefficient (Wildman–Crippen LogP) is 2.71. The number of rotatable bonds is 2.